The first kappa shape index (κ1) is 25.0. The minimum absolute atomic E-state index is 0.252. The van der Waals surface area contributed by atoms with Crippen LogP contribution in [0.2, 0.25) is 6.32 Å². The van der Waals surface area contributed by atoms with Crippen molar-refractivity contribution < 1.29 is 28.4 Å². The number of amides is 1. The maximum Gasteiger partial charge on any atom is 0.457 e. The van der Waals surface area contributed by atoms with Gasteiger partial charge in [-0.15, -0.1) is 0 Å². The molecule has 0 N–H and O–H groups in total. The predicted molar refractivity (Wildman–Crippen MR) is 116 cm³/mol. The average Bonchev–Trinajstić information content (AvgIpc) is 2.83. The van der Waals surface area contributed by atoms with E-state index in [2.05, 4.69) is 0 Å². The summed E-state index contributed by atoms with van der Waals surface area (Å²) in [6, 6.07) is 0. The fourth-order valence-electron chi connectivity index (χ4n) is 4.20. The van der Waals surface area contributed by atoms with Crippen LogP contribution in [0.4, 0.5) is 4.79 Å². The summed E-state index contributed by atoms with van der Waals surface area (Å²) >= 11 is 0. The largest absolute Gasteiger partial charge is 0.467 e. The fraction of sp³-hybridized carbons (Fsp3) is 0.909. The number of ether oxygens (including phenoxy) is 2. The number of carbonyl (C=O) groups excluding carboxylic acids is 2. The smallest absolute Gasteiger partial charge is 0.457 e. The van der Waals surface area contributed by atoms with E-state index in [0.29, 0.717) is 19.4 Å². The third-order valence-electron chi connectivity index (χ3n) is 6.50. The second-order valence-electron chi connectivity index (χ2n) is 10.5. The molecule has 0 aromatic rings. The number of nitrogens with zero attached hydrogens (tertiary/aromatic N) is 1. The molecule has 0 bridgehead atoms. The van der Waals surface area contributed by atoms with Gasteiger partial charge in [-0.2, -0.15) is 0 Å². The lowest BCUT2D eigenvalue weighted by Crippen LogP contribution is -2.60. The summed E-state index contributed by atoms with van der Waals surface area (Å²) in [4.78, 5) is 27.4. The van der Waals surface area contributed by atoms with Gasteiger partial charge in [0.15, 0.2) is 0 Å². The van der Waals surface area contributed by atoms with Crippen LogP contribution in [-0.2, 0) is 23.6 Å². The highest BCUT2D eigenvalue weighted by atomic mass is 16.7. The van der Waals surface area contributed by atoms with E-state index in [4.69, 9.17) is 18.8 Å². The zero-order chi connectivity index (χ0) is 22.8. The zero-order valence-electron chi connectivity index (χ0n) is 20.1. The predicted octanol–water partition coefficient (Wildman–Crippen LogP) is 4.58. The molecule has 0 saturated carbocycles. The highest BCUT2D eigenvalue weighted by Gasteiger charge is 2.51. The summed E-state index contributed by atoms with van der Waals surface area (Å²) < 4.78 is 22.9. The Labute approximate surface area is 182 Å². The van der Waals surface area contributed by atoms with Gasteiger partial charge in [-0.1, -0.05) is 12.8 Å². The Kier molecular flexibility index (Phi) is 7.56. The number of likely N-dealkylation sites (tertiary alicyclic amines) is 1. The minimum atomic E-state index is -0.967. The van der Waals surface area contributed by atoms with Crippen LogP contribution >= 0.6 is 0 Å². The van der Waals surface area contributed by atoms with Crippen LogP contribution in [0.25, 0.3) is 0 Å². The molecule has 8 heteroatoms. The summed E-state index contributed by atoms with van der Waals surface area (Å²) in [5.74, 6) is -0.358. The van der Waals surface area contributed by atoms with Crippen molar-refractivity contribution in [2.24, 2.45) is 0 Å². The summed E-state index contributed by atoms with van der Waals surface area (Å²) in [6.07, 6.45) is 4.76. The Bertz CT molecular complexity index is 614. The van der Waals surface area contributed by atoms with Gasteiger partial charge < -0.3 is 18.8 Å². The zero-order valence-corrected chi connectivity index (χ0v) is 20.1. The van der Waals surface area contributed by atoms with Gasteiger partial charge in [0.25, 0.3) is 0 Å². The van der Waals surface area contributed by atoms with Gasteiger partial charge in [0.1, 0.15) is 11.1 Å². The van der Waals surface area contributed by atoms with E-state index >= 15 is 0 Å². The number of piperidine rings is 1. The Balaban J connectivity index is 2.03. The Morgan fingerprint density at radius 3 is 2.17 bits per heavy atom. The molecule has 0 aliphatic carbocycles. The van der Waals surface area contributed by atoms with Crippen molar-refractivity contribution in [2.45, 2.75) is 116 Å². The Morgan fingerprint density at radius 1 is 1.03 bits per heavy atom. The first-order chi connectivity index (χ1) is 13.7. The first-order valence-electron chi connectivity index (χ1n) is 11.2. The molecule has 2 rings (SSSR count). The van der Waals surface area contributed by atoms with Gasteiger partial charge in [-0.3, -0.25) is 4.90 Å². The van der Waals surface area contributed by atoms with E-state index in [0.717, 1.165) is 32.0 Å². The molecule has 2 saturated heterocycles. The molecule has 0 radical (unpaired) electrons. The van der Waals surface area contributed by atoms with Crippen LogP contribution in [0.15, 0.2) is 0 Å². The van der Waals surface area contributed by atoms with E-state index < -0.39 is 17.2 Å². The molecule has 0 aromatic heterocycles. The molecule has 2 aliphatic rings. The van der Waals surface area contributed by atoms with E-state index in [1.54, 1.807) is 4.90 Å². The summed E-state index contributed by atoms with van der Waals surface area (Å²) in [6.45, 7) is 14.2. The van der Waals surface area contributed by atoms with Crippen molar-refractivity contribution in [2.75, 3.05) is 13.7 Å². The number of unbranched alkanes of at least 4 members (excludes halogenated alkanes) is 1. The third kappa shape index (κ3) is 5.50. The first-order valence-corrected chi connectivity index (χ1v) is 11.2. The van der Waals surface area contributed by atoms with Gasteiger partial charge >= 0.3 is 19.2 Å². The molecular formula is C22H40BNO6. The summed E-state index contributed by atoms with van der Waals surface area (Å²) in [7, 11) is 1.13. The molecule has 0 spiro atoms. The molecule has 1 unspecified atom stereocenters. The maximum atomic E-state index is 12.9. The van der Waals surface area contributed by atoms with Crippen LogP contribution in [0, 0.1) is 0 Å². The lowest BCUT2D eigenvalue weighted by molar-refractivity contribution is -0.158. The Morgan fingerprint density at radius 2 is 1.63 bits per heavy atom. The lowest BCUT2D eigenvalue weighted by atomic mass is 9.78. The second-order valence-corrected chi connectivity index (χ2v) is 10.5. The number of hydrogen-bond acceptors (Lipinski definition) is 6. The van der Waals surface area contributed by atoms with Crippen LogP contribution < -0.4 is 0 Å². The maximum absolute atomic E-state index is 12.9. The van der Waals surface area contributed by atoms with Crippen molar-refractivity contribution in [3.63, 3.8) is 0 Å². The van der Waals surface area contributed by atoms with Crippen molar-refractivity contribution in [3.05, 3.63) is 0 Å². The van der Waals surface area contributed by atoms with Gasteiger partial charge in [0.05, 0.1) is 18.3 Å². The van der Waals surface area contributed by atoms with E-state index in [1.165, 1.54) is 7.11 Å². The standard InChI is InChI=1S/C22H40BNO6/c1-19(2,3)28-18(26)24-16-12-10-14-22(24,17(25)27-8)13-9-11-15-23-29-20(4,5)21(6,7)30-23/h9-16H2,1-8H3. The van der Waals surface area contributed by atoms with Crippen molar-refractivity contribution >= 4 is 19.2 Å². The molecule has 30 heavy (non-hydrogen) atoms. The normalized spacial score (nSPS) is 25.9. The lowest BCUT2D eigenvalue weighted by Gasteiger charge is -2.45. The van der Waals surface area contributed by atoms with Crippen LogP contribution in [0.3, 0.4) is 0 Å². The second kappa shape index (κ2) is 9.07. The van der Waals surface area contributed by atoms with Crippen LogP contribution in [0.1, 0.15) is 87.0 Å². The van der Waals surface area contributed by atoms with Crippen LogP contribution in [0.5, 0.6) is 0 Å². The van der Waals surface area contributed by atoms with Gasteiger partial charge in [-0.25, -0.2) is 9.59 Å². The number of rotatable bonds is 6. The molecule has 2 fully saturated rings. The van der Waals surface area contributed by atoms with Crippen LogP contribution in [-0.4, -0.2) is 60.1 Å². The number of methoxy groups -OCH3 is 1. The van der Waals surface area contributed by atoms with Gasteiger partial charge in [-0.05, 0) is 80.5 Å². The van der Waals surface area contributed by atoms with Crippen molar-refractivity contribution in [3.8, 4) is 0 Å². The summed E-state index contributed by atoms with van der Waals surface area (Å²) in [5.41, 5.74) is -2.28. The average molecular weight is 425 g/mol. The molecule has 2 aliphatic heterocycles. The van der Waals surface area contributed by atoms with E-state index in [9.17, 15) is 9.59 Å². The molecule has 7 nitrogen and oxygen atoms in total. The molecular weight excluding hydrogens is 385 g/mol. The SMILES string of the molecule is COC(=O)C1(CCCCB2OC(C)(C)C(C)(C)O2)CCCCN1C(=O)OC(C)(C)C. The fourth-order valence-corrected chi connectivity index (χ4v) is 4.20. The topological polar surface area (TPSA) is 74.3 Å². The Hall–Kier alpha value is -1.28. The van der Waals surface area contributed by atoms with E-state index in [1.807, 2.05) is 48.5 Å². The monoisotopic (exact) mass is 425 g/mol. The van der Waals surface area contributed by atoms with Crippen molar-refractivity contribution in [1.29, 1.82) is 0 Å². The van der Waals surface area contributed by atoms with Gasteiger partial charge in [0.2, 0.25) is 0 Å². The molecule has 2 heterocycles. The quantitative estimate of drug-likeness (QED) is 0.352. The number of hydrogen-bond donors (Lipinski definition) is 0. The molecule has 0 aromatic carbocycles. The highest BCUT2D eigenvalue weighted by molar-refractivity contribution is 6.45. The number of carbonyl (C=O) groups is 2. The summed E-state index contributed by atoms with van der Waals surface area (Å²) in [5, 5.41) is 0. The van der Waals surface area contributed by atoms with E-state index in [-0.39, 0.29) is 24.3 Å². The molecule has 1 atom stereocenters. The van der Waals surface area contributed by atoms with Gasteiger partial charge in [0, 0.05) is 6.54 Å². The third-order valence-corrected chi connectivity index (χ3v) is 6.50. The van der Waals surface area contributed by atoms with Crippen molar-refractivity contribution in [1.82, 2.24) is 4.90 Å². The minimum Gasteiger partial charge on any atom is -0.467 e. The molecule has 1 amide bonds. The highest BCUT2D eigenvalue weighted by Crippen LogP contribution is 2.39. The molecule has 172 valence electrons. The number of esters is 1.